The fourth-order valence-corrected chi connectivity index (χ4v) is 1.63. The van der Waals surface area contributed by atoms with Crippen molar-refractivity contribution in [1.82, 2.24) is 4.90 Å². The maximum absolute atomic E-state index is 5.46. The van der Waals surface area contributed by atoms with Gasteiger partial charge < -0.3 is 10.6 Å². The third-order valence-corrected chi connectivity index (χ3v) is 2.59. The van der Waals surface area contributed by atoms with Crippen LogP contribution in [0.1, 0.15) is 39.5 Å². The van der Waals surface area contributed by atoms with Crippen LogP contribution >= 0.6 is 12.2 Å². The third kappa shape index (κ3) is 5.99. The molecule has 0 atom stereocenters. The first-order valence-corrected chi connectivity index (χ1v) is 5.64. The van der Waals surface area contributed by atoms with E-state index in [-0.39, 0.29) is 0 Å². The Morgan fingerprint density at radius 3 is 2.46 bits per heavy atom. The molecule has 13 heavy (non-hydrogen) atoms. The summed E-state index contributed by atoms with van der Waals surface area (Å²) in [5.74, 6) is 0. The van der Waals surface area contributed by atoms with Gasteiger partial charge >= 0.3 is 0 Å². The van der Waals surface area contributed by atoms with Gasteiger partial charge in [0.05, 0.1) is 4.99 Å². The number of nitrogens with zero attached hydrogens (tertiary/aromatic N) is 1. The largest absolute Gasteiger partial charge is 0.366 e. The lowest BCUT2D eigenvalue weighted by Gasteiger charge is -2.23. The van der Waals surface area contributed by atoms with E-state index >= 15 is 0 Å². The number of hydrogen-bond donors (Lipinski definition) is 1. The monoisotopic (exact) mass is 202 g/mol. The van der Waals surface area contributed by atoms with Crippen molar-refractivity contribution in [3.63, 3.8) is 0 Å². The summed E-state index contributed by atoms with van der Waals surface area (Å²) in [5, 5.41) is 0. The number of unbranched alkanes of at least 4 members (excludes halogenated alkanes) is 2. The molecule has 0 radical (unpaired) electrons. The molecule has 0 bridgehead atoms. The van der Waals surface area contributed by atoms with Gasteiger partial charge in [0.1, 0.15) is 0 Å². The average molecular weight is 202 g/mol. The molecule has 0 saturated carbocycles. The molecular formula is C10H22N2S. The summed E-state index contributed by atoms with van der Waals surface area (Å²) < 4.78 is 0. The zero-order valence-electron chi connectivity index (χ0n) is 8.88. The Bertz CT molecular complexity index is 137. The molecule has 0 heterocycles. The minimum absolute atomic E-state index is 0.670. The lowest BCUT2D eigenvalue weighted by Crippen LogP contribution is -2.31. The molecular weight excluding hydrogens is 180 g/mol. The lowest BCUT2D eigenvalue weighted by molar-refractivity contribution is 0.422. The highest BCUT2D eigenvalue weighted by atomic mass is 32.1. The average Bonchev–Trinajstić information content (AvgIpc) is 2.13. The van der Waals surface area contributed by atoms with E-state index in [0.717, 1.165) is 24.5 Å². The molecule has 0 aliphatic carbocycles. The van der Waals surface area contributed by atoms with E-state index in [1.165, 1.54) is 19.3 Å². The van der Waals surface area contributed by atoms with E-state index < -0.39 is 0 Å². The number of rotatable bonds is 7. The topological polar surface area (TPSA) is 29.3 Å². The summed E-state index contributed by atoms with van der Waals surface area (Å²) in [6.45, 7) is 7.15. The van der Waals surface area contributed by atoms with Crippen LogP contribution in [0.3, 0.4) is 0 Å². The van der Waals surface area contributed by atoms with Gasteiger partial charge in [-0.3, -0.25) is 0 Å². The molecule has 0 rings (SSSR count). The molecule has 0 aromatic rings. The van der Waals surface area contributed by atoms with Gasteiger partial charge in [-0.2, -0.15) is 0 Å². The first-order valence-electron chi connectivity index (χ1n) is 5.24. The van der Waals surface area contributed by atoms with Crippen molar-refractivity contribution in [3.8, 4) is 0 Å². The van der Waals surface area contributed by atoms with Crippen LogP contribution in [0.5, 0.6) is 0 Å². The summed E-state index contributed by atoms with van der Waals surface area (Å²) in [5.41, 5.74) is 5.46. The zero-order chi connectivity index (χ0) is 10.1. The highest BCUT2D eigenvalue weighted by molar-refractivity contribution is 7.80. The van der Waals surface area contributed by atoms with Crippen molar-refractivity contribution >= 4 is 17.2 Å². The second-order valence-corrected chi connectivity index (χ2v) is 3.69. The minimum Gasteiger partial charge on any atom is -0.366 e. The molecule has 0 aromatic carbocycles. The van der Waals surface area contributed by atoms with E-state index in [1.54, 1.807) is 0 Å². The normalized spacial score (nSPS) is 10.1. The zero-order valence-corrected chi connectivity index (χ0v) is 9.70. The van der Waals surface area contributed by atoms with Crippen LogP contribution in [-0.2, 0) is 0 Å². The van der Waals surface area contributed by atoms with Gasteiger partial charge in [0.25, 0.3) is 0 Å². The van der Waals surface area contributed by atoms with Crippen LogP contribution in [0, 0.1) is 0 Å². The molecule has 3 heteroatoms. The maximum Gasteiger partial charge on any atom is 0.0791 e. The molecule has 0 saturated heterocycles. The molecule has 2 N–H and O–H groups in total. The fourth-order valence-electron chi connectivity index (χ4n) is 1.29. The van der Waals surface area contributed by atoms with E-state index in [9.17, 15) is 0 Å². The second-order valence-electron chi connectivity index (χ2n) is 3.22. The van der Waals surface area contributed by atoms with Gasteiger partial charge in [0.15, 0.2) is 0 Å². The van der Waals surface area contributed by atoms with Gasteiger partial charge in [-0.1, -0.05) is 32.0 Å². The summed E-state index contributed by atoms with van der Waals surface area (Å²) in [6.07, 6.45) is 4.66. The summed E-state index contributed by atoms with van der Waals surface area (Å²) in [4.78, 5) is 3.29. The van der Waals surface area contributed by atoms with E-state index in [0.29, 0.717) is 6.54 Å². The Morgan fingerprint density at radius 2 is 2.00 bits per heavy atom. The Morgan fingerprint density at radius 1 is 1.31 bits per heavy atom. The number of thiocarbonyl (C=S) groups is 1. The van der Waals surface area contributed by atoms with Crippen LogP contribution in [0.2, 0.25) is 0 Å². The Kier molecular flexibility index (Phi) is 8.35. The standard InChI is InChI=1S/C10H22N2S/c1-3-5-6-9-12(4-2)10(13)7-8-11/h3-9,11H2,1-2H3. The van der Waals surface area contributed by atoms with Gasteiger partial charge in [-0.15, -0.1) is 0 Å². The molecule has 0 amide bonds. The minimum atomic E-state index is 0.670. The SMILES string of the molecule is CCCCCN(CC)C(=S)CCN. The van der Waals surface area contributed by atoms with Crippen molar-refractivity contribution in [2.75, 3.05) is 19.6 Å². The quantitative estimate of drug-likeness (QED) is 0.507. The smallest absolute Gasteiger partial charge is 0.0791 e. The van der Waals surface area contributed by atoms with Crippen molar-refractivity contribution in [2.24, 2.45) is 5.73 Å². The van der Waals surface area contributed by atoms with E-state index in [2.05, 4.69) is 18.7 Å². The van der Waals surface area contributed by atoms with Crippen LogP contribution in [0.15, 0.2) is 0 Å². The summed E-state index contributed by atoms with van der Waals surface area (Å²) >= 11 is 5.27. The molecule has 0 aliphatic heterocycles. The Balaban J connectivity index is 3.67. The van der Waals surface area contributed by atoms with Crippen molar-refractivity contribution in [3.05, 3.63) is 0 Å². The van der Waals surface area contributed by atoms with Crippen LogP contribution in [-0.4, -0.2) is 29.5 Å². The van der Waals surface area contributed by atoms with Crippen LogP contribution in [0.4, 0.5) is 0 Å². The van der Waals surface area contributed by atoms with Crippen LogP contribution in [0.25, 0.3) is 0 Å². The Labute approximate surface area is 87.5 Å². The van der Waals surface area contributed by atoms with E-state index in [1.807, 2.05) is 0 Å². The van der Waals surface area contributed by atoms with Crippen molar-refractivity contribution < 1.29 is 0 Å². The molecule has 2 nitrogen and oxygen atoms in total. The first kappa shape index (κ1) is 12.8. The van der Waals surface area contributed by atoms with Gasteiger partial charge in [0.2, 0.25) is 0 Å². The predicted octanol–water partition coefficient (Wildman–Crippen LogP) is 2.17. The predicted molar refractivity (Wildman–Crippen MR) is 63.0 cm³/mol. The second kappa shape index (κ2) is 8.45. The van der Waals surface area contributed by atoms with Gasteiger partial charge in [-0.25, -0.2) is 0 Å². The van der Waals surface area contributed by atoms with Crippen molar-refractivity contribution in [2.45, 2.75) is 39.5 Å². The van der Waals surface area contributed by atoms with Crippen LogP contribution < -0.4 is 5.73 Å². The molecule has 0 spiro atoms. The number of hydrogen-bond acceptors (Lipinski definition) is 2. The van der Waals surface area contributed by atoms with E-state index in [4.69, 9.17) is 18.0 Å². The summed E-state index contributed by atoms with van der Waals surface area (Å²) in [7, 11) is 0. The fraction of sp³-hybridized carbons (Fsp3) is 0.900. The molecule has 0 fully saturated rings. The molecule has 0 aromatic heterocycles. The van der Waals surface area contributed by atoms with Gasteiger partial charge in [-0.05, 0) is 19.9 Å². The Hall–Kier alpha value is -0.150. The highest BCUT2D eigenvalue weighted by Gasteiger charge is 2.04. The maximum atomic E-state index is 5.46. The highest BCUT2D eigenvalue weighted by Crippen LogP contribution is 2.01. The summed E-state index contributed by atoms with van der Waals surface area (Å²) in [6, 6.07) is 0. The number of nitrogens with two attached hydrogens (primary N) is 1. The molecule has 78 valence electrons. The van der Waals surface area contributed by atoms with Gasteiger partial charge in [0, 0.05) is 19.5 Å². The lowest BCUT2D eigenvalue weighted by atomic mass is 10.2. The first-order chi connectivity index (χ1) is 6.26. The molecule has 0 unspecified atom stereocenters. The van der Waals surface area contributed by atoms with Crippen molar-refractivity contribution in [1.29, 1.82) is 0 Å². The third-order valence-electron chi connectivity index (χ3n) is 2.12. The molecule has 0 aliphatic rings.